The van der Waals surface area contributed by atoms with Crippen molar-refractivity contribution in [2.45, 2.75) is 24.7 Å². The van der Waals surface area contributed by atoms with E-state index in [9.17, 15) is 17.2 Å². The Kier molecular flexibility index (Phi) is 4.41. The number of sulfonamides is 1. The van der Waals surface area contributed by atoms with Gasteiger partial charge in [-0.1, -0.05) is 17.7 Å². The summed E-state index contributed by atoms with van der Waals surface area (Å²) >= 11 is 0. The number of benzene rings is 1. The zero-order valence-corrected chi connectivity index (χ0v) is 11.0. The van der Waals surface area contributed by atoms with Gasteiger partial charge in [0.25, 0.3) is 5.92 Å². The SMILES string of the molecule is Cc1ccc(S(=O)(=O)NCC(F)(F)CN)c(C)c1. The number of nitrogens with two attached hydrogens (primary N) is 1. The molecule has 0 aliphatic heterocycles. The molecule has 7 heteroatoms. The summed E-state index contributed by atoms with van der Waals surface area (Å²) in [5, 5.41) is 0. The predicted octanol–water partition coefficient (Wildman–Crippen LogP) is 1.18. The fourth-order valence-electron chi connectivity index (χ4n) is 1.45. The van der Waals surface area contributed by atoms with Gasteiger partial charge in [-0.2, -0.15) is 0 Å². The fourth-order valence-corrected chi connectivity index (χ4v) is 2.74. The first kappa shape index (κ1) is 15.0. The Hall–Kier alpha value is -1.05. The van der Waals surface area contributed by atoms with Crippen molar-refractivity contribution in [2.75, 3.05) is 13.1 Å². The molecule has 0 saturated carbocycles. The highest BCUT2D eigenvalue weighted by Crippen LogP contribution is 2.17. The van der Waals surface area contributed by atoms with Crippen LogP contribution in [0.25, 0.3) is 0 Å². The first-order valence-corrected chi connectivity index (χ1v) is 6.81. The molecule has 18 heavy (non-hydrogen) atoms. The maximum atomic E-state index is 12.9. The summed E-state index contributed by atoms with van der Waals surface area (Å²) in [6.07, 6.45) is 0. The molecular weight excluding hydrogens is 262 g/mol. The smallest absolute Gasteiger partial charge is 0.273 e. The first-order chi connectivity index (χ1) is 8.18. The molecule has 1 rings (SSSR count). The van der Waals surface area contributed by atoms with Crippen molar-refractivity contribution >= 4 is 10.0 Å². The van der Waals surface area contributed by atoms with Gasteiger partial charge in [0.05, 0.1) is 18.0 Å². The van der Waals surface area contributed by atoms with Gasteiger partial charge in [-0.15, -0.1) is 0 Å². The van der Waals surface area contributed by atoms with E-state index < -0.39 is 29.0 Å². The second kappa shape index (κ2) is 5.29. The third-order valence-corrected chi connectivity index (χ3v) is 4.00. The van der Waals surface area contributed by atoms with E-state index in [4.69, 9.17) is 5.73 Å². The highest BCUT2D eigenvalue weighted by atomic mass is 32.2. The fraction of sp³-hybridized carbons (Fsp3) is 0.455. The normalized spacial score (nSPS) is 12.7. The molecule has 0 aromatic heterocycles. The largest absolute Gasteiger partial charge is 0.325 e. The van der Waals surface area contributed by atoms with Crippen LogP contribution in [-0.4, -0.2) is 27.4 Å². The second-order valence-corrected chi connectivity index (χ2v) is 5.89. The van der Waals surface area contributed by atoms with E-state index in [-0.39, 0.29) is 4.90 Å². The third kappa shape index (κ3) is 3.72. The molecule has 0 amide bonds. The lowest BCUT2D eigenvalue weighted by Crippen LogP contribution is -2.41. The molecule has 1 aromatic rings. The molecule has 0 fully saturated rings. The van der Waals surface area contributed by atoms with E-state index in [2.05, 4.69) is 0 Å². The third-order valence-electron chi connectivity index (χ3n) is 2.44. The minimum atomic E-state index is -3.94. The van der Waals surface area contributed by atoms with E-state index >= 15 is 0 Å². The van der Waals surface area contributed by atoms with Crippen LogP contribution in [0.15, 0.2) is 23.1 Å². The summed E-state index contributed by atoms with van der Waals surface area (Å²) in [7, 11) is -3.94. The van der Waals surface area contributed by atoms with E-state index in [1.165, 1.54) is 6.07 Å². The van der Waals surface area contributed by atoms with Gasteiger partial charge in [0.15, 0.2) is 0 Å². The van der Waals surface area contributed by atoms with Crippen molar-refractivity contribution in [1.82, 2.24) is 4.72 Å². The maximum absolute atomic E-state index is 12.9. The number of hydrogen-bond donors (Lipinski definition) is 2. The molecule has 0 radical (unpaired) electrons. The lowest BCUT2D eigenvalue weighted by molar-refractivity contribution is 0.0170. The van der Waals surface area contributed by atoms with Crippen LogP contribution in [0, 0.1) is 13.8 Å². The summed E-state index contributed by atoms with van der Waals surface area (Å²) < 4.78 is 51.4. The summed E-state index contributed by atoms with van der Waals surface area (Å²) in [6.45, 7) is 1.53. The number of nitrogens with one attached hydrogen (secondary N) is 1. The molecule has 1 aromatic carbocycles. The molecule has 0 atom stereocenters. The second-order valence-electron chi connectivity index (χ2n) is 4.15. The van der Waals surface area contributed by atoms with Crippen molar-refractivity contribution in [3.8, 4) is 0 Å². The maximum Gasteiger partial charge on any atom is 0.273 e. The quantitative estimate of drug-likeness (QED) is 0.849. The minimum Gasteiger partial charge on any atom is -0.325 e. The van der Waals surface area contributed by atoms with Crippen LogP contribution in [-0.2, 0) is 10.0 Å². The standard InChI is InChI=1S/C11H16F2N2O2S/c1-8-3-4-10(9(2)5-8)18(16,17)15-7-11(12,13)6-14/h3-5,15H,6-7,14H2,1-2H3. The van der Waals surface area contributed by atoms with Crippen LogP contribution in [0.5, 0.6) is 0 Å². The van der Waals surface area contributed by atoms with Gasteiger partial charge < -0.3 is 5.73 Å². The Morgan fingerprint density at radius 2 is 1.94 bits per heavy atom. The Bertz CT molecular complexity index is 530. The van der Waals surface area contributed by atoms with Crippen molar-refractivity contribution in [1.29, 1.82) is 0 Å². The Morgan fingerprint density at radius 3 is 2.44 bits per heavy atom. The first-order valence-electron chi connectivity index (χ1n) is 5.33. The van der Waals surface area contributed by atoms with E-state index in [1.807, 2.05) is 11.6 Å². The van der Waals surface area contributed by atoms with Gasteiger partial charge in [-0.25, -0.2) is 21.9 Å². The number of aryl methyl sites for hydroxylation is 2. The molecular formula is C11H16F2N2O2S. The predicted molar refractivity (Wildman–Crippen MR) is 65.1 cm³/mol. The van der Waals surface area contributed by atoms with E-state index in [0.29, 0.717) is 5.56 Å². The summed E-state index contributed by atoms with van der Waals surface area (Å²) in [5.41, 5.74) is 6.25. The van der Waals surface area contributed by atoms with Gasteiger partial charge in [0.1, 0.15) is 0 Å². The molecule has 0 saturated heterocycles. The van der Waals surface area contributed by atoms with Crippen LogP contribution in [0.1, 0.15) is 11.1 Å². The van der Waals surface area contributed by atoms with Gasteiger partial charge in [-0.3, -0.25) is 0 Å². The molecule has 0 bridgehead atoms. The summed E-state index contributed by atoms with van der Waals surface area (Å²) in [4.78, 5) is 0.000853. The molecule has 0 heterocycles. The minimum absolute atomic E-state index is 0.000853. The number of alkyl halides is 2. The molecule has 102 valence electrons. The van der Waals surface area contributed by atoms with Crippen molar-refractivity contribution < 1.29 is 17.2 Å². The average Bonchev–Trinajstić information content (AvgIpc) is 2.26. The molecule has 0 unspecified atom stereocenters. The highest BCUT2D eigenvalue weighted by molar-refractivity contribution is 7.89. The molecule has 0 aliphatic rings. The van der Waals surface area contributed by atoms with Crippen LogP contribution in [0.3, 0.4) is 0 Å². The van der Waals surface area contributed by atoms with Gasteiger partial charge in [-0.05, 0) is 25.5 Å². The van der Waals surface area contributed by atoms with Crippen molar-refractivity contribution in [3.63, 3.8) is 0 Å². The van der Waals surface area contributed by atoms with E-state index in [0.717, 1.165) is 5.56 Å². The Balaban J connectivity index is 2.94. The lowest BCUT2D eigenvalue weighted by Gasteiger charge is -2.15. The zero-order valence-electron chi connectivity index (χ0n) is 10.2. The van der Waals surface area contributed by atoms with Gasteiger partial charge in [0.2, 0.25) is 10.0 Å². The van der Waals surface area contributed by atoms with Gasteiger partial charge in [0, 0.05) is 0 Å². The molecule has 0 spiro atoms. The van der Waals surface area contributed by atoms with Crippen molar-refractivity contribution in [3.05, 3.63) is 29.3 Å². The number of halogens is 2. The van der Waals surface area contributed by atoms with Crippen LogP contribution < -0.4 is 10.5 Å². The zero-order chi connectivity index (χ0) is 14.0. The molecule has 0 aliphatic carbocycles. The molecule has 4 nitrogen and oxygen atoms in total. The molecule has 3 N–H and O–H groups in total. The van der Waals surface area contributed by atoms with Crippen molar-refractivity contribution in [2.24, 2.45) is 5.73 Å². The topological polar surface area (TPSA) is 72.2 Å². The number of rotatable bonds is 5. The average molecular weight is 278 g/mol. The lowest BCUT2D eigenvalue weighted by atomic mass is 10.2. The summed E-state index contributed by atoms with van der Waals surface area (Å²) in [6, 6.07) is 4.69. The summed E-state index contributed by atoms with van der Waals surface area (Å²) in [5.74, 6) is -3.24. The van der Waals surface area contributed by atoms with E-state index in [1.54, 1.807) is 19.1 Å². The van der Waals surface area contributed by atoms with Gasteiger partial charge >= 0.3 is 0 Å². The van der Waals surface area contributed by atoms with Crippen LogP contribution in [0.4, 0.5) is 8.78 Å². The van der Waals surface area contributed by atoms with Crippen LogP contribution in [0.2, 0.25) is 0 Å². The Morgan fingerprint density at radius 1 is 1.33 bits per heavy atom. The monoisotopic (exact) mass is 278 g/mol. The Labute approximate surface area is 105 Å². The highest BCUT2D eigenvalue weighted by Gasteiger charge is 2.29. The van der Waals surface area contributed by atoms with Crippen LogP contribution >= 0.6 is 0 Å². The number of hydrogen-bond acceptors (Lipinski definition) is 3.